The number of hydrogen-bond donors (Lipinski definition) is 1. The summed E-state index contributed by atoms with van der Waals surface area (Å²) in [5, 5.41) is 3.39. The molecule has 2 fully saturated rings. The van der Waals surface area contributed by atoms with Gasteiger partial charge in [-0.3, -0.25) is 10.1 Å². The van der Waals surface area contributed by atoms with Gasteiger partial charge in [0.15, 0.2) is 0 Å². The van der Waals surface area contributed by atoms with Crippen LogP contribution in [0.15, 0.2) is 24.3 Å². The van der Waals surface area contributed by atoms with E-state index >= 15 is 0 Å². The molecular formula is C17H24N2O. The molecular weight excluding hydrogens is 248 g/mol. The van der Waals surface area contributed by atoms with Crippen LogP contribution in [0, 0.1) is 12.3 Å². The Morgan fingerprint density at radius 2 is 2.15 bits per heavy atom. The van der Waals surface area contributed by atoms with Crippen molar-refractivity contribution in [1.82, 2.24) is 10.2 Å². The van der Waals surface area contributed by atoms with Crippen molar-refractivity contribution in [2.75, 3.05) is 6.54 Å². The van der Waals surface area contributed by atoms with Gasteiger partial charge in [-0.05, 0) is 30.7 Å². The number of hydrogen-bond acceptors (Lipinski definition) is 2. The average molecular weight is 272 g/mol. The standard InChI is InChI=1S/C17H24N2O/c1-12-6-4-7-13(10-12)16-18-11-15(20)19(16)14-8-5-9-17(14,2)3/h4,6-7,10,14,16,18H,5,8-9,11H2,1-3H3. The van der Waals surface area contributed by atoms with Crippen molar-refractivity contribution in [1.29, 1.82) is 0 Å². The third kappa shape index (κ3) is 2.24. The van der Waals surface area contributed by atoms with Crippen molar-refractivity contribution in [2.24, 2.45) is 5.41 Å². The summed E-state index contributed by atoms with van der Waals surface area (Å²) in [5.74, 6) is 0.247. The molecule has 2 unspecified atom stereocenters. The second kappa shape index (κ2) is 4.88. The van der Waals surface area contributed by atoms with E-state index in [2.05, 4.69) is 55.3 Å². The molecule has 2 aliphatic rings. The van der Waals surface area contributed by atoms with Crippen LogP contribution < -0.4 is 5.32 Å². The summed E-state index contributed by atoms with van der Waals surface area (Å²) >= 11 is 0. The van der Waals surface area contributed by atoms with Crippen LogP contribution in [-0.2, 0) is 4.79 Å². The Kier molecular flexibility index (Phi) is 3.33. The van der Waals surface area contributed by atoms with Gasteiger partial charge in [0.2, 0.25) is 5.91 Å². The topological polar surface area (TPSA) is 32.3 Å². The van der Waals surface area contributed by atoms with E-state index in [9.17, 15) is 4.79 Å². The molecule has 1 saturated heterocycles. The van der Waals surface area contributed by atoms with Crippen LogP contribution in [0.1, 0.15) is 50.4 Å². The highest BCUT2D eigenvalue weighted by Crippen LogP contribution is 2.43. The molecule has 0 spiro atoms. The number of nitrogens with one attached hydrogen (secondary N) is 1. The zero-order chi connectivity index (χ0) is 14.3. The molecule has 2 atom stereocenters. The van der Waals surface area contributed by atoms with Gasteiger partial charge >= 0.3 is 0 Å². The lowest BCUT2D eigenvalue weighted by Gasteiger charge is -2.38. The molecule has 1 aliphatic carbocycles. The second-order valence-electron chi connectivity index (χ2n) is 6.90. The number of benzene rings is 1. The number of amides is 1. The lowest BCUT2D eigenvalue weighted by Crippen LogP contribution is -2.45. The van der Waals surface area contributed by atoms with Gasteiger partial charge in [-0.25, -0.2) is 0 Å². The molecule has 3 nitrogen and oxygen atoms in total. The lowest BCUT2D eigenvalue weighted by atomic mass is 9.86. The maximum atomic E-state index is 12.4. The number of carbonyl (C=O) groups excluding carboxylic acids is 1. The van der Waals surface area contributed by atoms with Crippen LogP contribution >= 0.6 is 0 Å². The Balaban J connectivity index is 1.93. The normalized spacial score (nSPS) is 29.1. The van der Waals surface area contributed by atoms with E-state index < -0.39 is 0 Å². The van der Waals surface area contributed by atoms with Gasteiger partial charge in [0, 0.05) is 6.04 Å². The molecule has 1 aromatic carbocycles. The van der Waals surface area contributed by atoms with Crippen LogP contribution in [-0.4, -0.2) is 23.4 Å². The molecule has 0 radical (unpaired) electrons. The maximum absolute atomic E-state index is 12.4. The first-order valence-corrected chi connectivity index (χ1v) is 7.60. The minimum Gasteiger partial charge on any atom is -0.318 e. The van der Waals surface area contributed by atoms with Crippen LogP contribution in [0.5, 0.6) is 0 Å². The third-order valence-corrected chi connectivity index (χ3v) is 4.91. The van der Waals surface area contributed by atoms with Crippen LogP contribution in [0.4, 0.5) is 0 Å². The van der Waals surface area contributed by atoms with Gasteiger partial charge in [0.05, 0.1) is 6.54 Å². The number of rotatable bonds is 2. The van der Waals surface area contributed by atoms with Gasteiger partial charge in [-0.15, -0.1) is 0 Å². The van der Waals surface area contributed by atoms with Gasteiger partial charge in [-0.2, -0.15) is 0 Å². The highest BCUT2D eigenvalue weighted by molar-refractivity contribution is 5.81. The van der Waals surface area contributed by atoms with Crippen LogP contribution in [0.2, 0.25) is 0 Å². The molecule has 1 N–H and O–H groups in total. The highest BCUT2D eigenvalue weighted by atomic mass is 16.2. The molecule has 1 saturated carbocycles. The summed E-state index contributed by atoms with van der Waals surface area (Å²) in [6, 6.07) is 8.84. The van der Waals surface area contributed by atoms with E-state index in [-0.39, 0.29) is 17.5 Å². The van der Waals surface area contributed by atoms with E-state index in [0.717, 1.165) is 6.42 Å². The fourth-order valence-corrected chi connectivity index (χ4v) is 3.81. The summed E-state index contributed by atoms with van der Waals surface area (Å²) in [7, 11) is 0. The van der Waals surface area contributed by atoms with Crippen molar-refractivity contribution in [2.45, 2.75) is 52.2 Å². The van der Waals surface area contributed by atoms with E-state index in [1.807, 2.05) is 0 Å². The summed E-state index contributed by atoms with van der Waals surface area (Å²) in [6.07, 6.45) is 3.61. The molecule has 0 bridgehead atoms. The molecule has 3 rings (SSSR count). The zero-order valence-electron chi connectivity index (χ0n) is 12.6. The number of nitrogens with zero attached hydrogens (tertiary/aromatic N) is 1. The monoisotopic (exact) mass is 272 g/mol. The fourth-order valence-electron chi connectivity index (χ4n) is 3.81. The molecule has 1 aliphatic heterocycles. The maximum Gasteiger partial charge on any atom is 0.238 e. The zero-order valence-corrected chi connectivity index (χ0v) is 12.6. The highest BCUT2D eigenvalue weighted by Gasteiger charge is 2.45. The first kappa shape index (κ1) is 13.6. The van der Waals surface area contributed by atoms with Gasteiger partial charge < -0.3 is 4.90 Å². The van der Waals surface area contributed by atoms with E-state index in [0.29, 0.717) is 12.6 Å². The smallest absolute Gasteiger partial charge is 0.238 e. The Morgan fingerprint density at radius 3 is 2.80 bits per heavy atom. The van der Waals surface area contributed by atoms with Gasteiger partial charge in [0.25, 0.3) is 0 Å². The minimum atomic E-state index is 0.0461. The largest absolute Gasteiger partial charge is 0.318 e. The van der Waals surface area contributed by atoms with Crippen LogP contribution in [0.25, 0.3) is 0 Å². The summed E-state index contributed by atoms with van der Waals surface area (Å²) < 4.78 is 0. The van der Waals surface area contributed by atoms with Crippen molar-refractivity contribution in [3.8, 4) is 0 Å². The third-order valence-electron chi connectivity index (χ3n) is 4.91. The van der Waals surface area contributed by atoms with Crippen molar-refractivity contribution >= 4 is 5.91 Å². The van der Waals surface area contributed by atoms with Crippen molar-refractivity contribution in [3.63, 3.8) is 0 Å². The average Bonchev–Trinajstić information content (AvgIpc) is 2.91. The van der Waals surface area contributed by atoms with Gasteiger partial charge in [-0.1, -0.05) is 50.1 Å². The Bertz CT molecular complexity index is 523. The van der Waals surface area contributed by atoms with Gasteiger partial charge in [0.1, 0.15) is 6.17 Å². The van der Waals surface area contributed by atoms with E-state index in [4.69, 9.17) is 0 Å². The fraction of sp³-hybridized carbons (Fsp3) is 0.588. The quantitative estimate of drug-likeness (QED) is 0.897. The summed E-state index contributed by atoms with van der Waals surface area (Å²) in [4.78, 5) is 14.5. The van der Waals surface area contributed by atoms with E-state index in [1.54, 1.807) is 0 Å². The summed E-state index contributed by atoms with van der Waals surface area (Å²) in [5.41, 5.74) is 2.68. The molecule has 108 valence electrons. The van der Waals surface area contributed by atoms with Crippen LogP contribution in [0.3, 0.4) is 0 Å². The SMILES string of the molecule is Cc1cccc(C2NCC(=O)N2C2CCCC2(C)C)c1. The van der Waals surface area contributed by atoms with E-state index in [1.165, 1.54) is 24.0 Å². The molecule has 1 amide bonds. The molecule has 1 heterocycles. The summed E-state index contributed by atoms with van der Waals surface area (Å²) in [6.45, 7) is 7.16. The van der Waals surface area contributed by atoms with Crippen molar-refractivity contribution < 1.29 is 4.79 Å². The molecule has 3 heteroatoms. The first-order valence-electron chi connectivity index (χ1n) is 7.60. The van der Waals surface area contributed by atoms with Crippen molar-refractivity contribution in [3.05, 3.63) is 35.4 Å². The second-order valence-corrected chi connectivity index (χ2v) is 6.90. The Hall–Kier alpha value is -1.35. The first-order chi connectivity index (χ1) is 9.49. The molecule has 1 aromatic rings. The molecule has 20 heavy (non-hydrogen) atoms. The Labute approximate surface area is 121 Å². The Morgan fingerprint density at radius 1 is 1.35 bits per heavy atom. The number of carbonyl (C=O) groups is 1. The minimum absolute atomic E-state index is 0.0461. The predicted octanol–water partition coefficient (Wildman–Crippen LogP) is 3.00. The predicted molar refractivity (Wildman–Crippen MR) is 80.2 cm³/mol. The molecule has 0 aromatic heterocycles. The number of aryl methyl sites for hydroxylation is 1. The lowest BCUT2D eigenvalue weighted by molar-refractivity contribution is -0.132.